The average molecular weight is 565 g/mol. The Hall–Kier alpha value is -4.32. The van der Waals surface area contributed by atoms with Crippen LogP contribution in [0.15, 0.2) is 101 Å². The van der Waals surface area contributed by atoms with Gasteiger partial charge in [0, 0.05) is 54.5 Å². The number of Topliss-reactive ketones (excluding diaryl/α,β-unsaturated/α-hetero) is 1. The summed E-state index contributed by atoms with van der Waals surface area (Å²) in [5, 5.41) is 3.46. The molecule has 42 heavy (non-hydrogen) atoms. The fraction of sp³-hybridized carbons (Fsp3) is 0.333. The Labute approximate surface area is 249 Å². The summed E-state index contributed by atoms with van der Waals surface area (Å²) in [5.41, 5.74) is 7.07. The number of rotatable bonds is 10. The molecule has 0 bridgehead atoms. The average Bonchev–Trinajstić information content (AvgIpc) is 3.01. The fourth-order valence-electron chi connectivity index (χ4n) is 6.21. The molecular weight excluding hydrogens is 524 g/mol. The summed E-state index contributed by atoms with van der Waals surface area (Å²) < 4.78 is 11.2. The first-order valence-corrected chi connectivity index (χ1v) is 14.9. The van der Waals surface area contributed by atoms with Crippen LogP contribution in [-0.4, -0.2) is 38.6 Å². The molecule has 2 atom stereocenters. The van der Waals surface area contributed by atoms with Gasteiger partial charge in [-0.25, -0.2) is 4.79 Å². The fourth-order valence-corrected chi connectivity index (χ4v) is 6.21. The molecule has 1 N–H and O–H groups in total. The molecule has 0 saturated heterocycles. The number of anilines is 1. The van der Waals surface area contributed by atoms with Crippen LogP contribution in [0.25, 0.3) is 0 Å². The largest absolute Gasteiger partial charge is 0.497 e. The number of esters is 1. The first-order chi connectivity index (χ1) is 20.4. The van der Waals surface area contributed by atoms with Crippen LogP contribution in [0.4, 0.5) is 5.69 Å². The van der Waals surface area contributed by atoms with Crippen molar-refractivity contribution in [3.8, 4) is 5.75 Å². The van der Waals surface area contributed by atoms with Gasteiger partial charge in [-0.05, 0) is 74.1 Å². The van der Waals surface area contributed by atoms with E-state index in [9.17, 15) is 9.59 Å². The number of hydrogen-bond acceptors (Lipinski definition) is 6. The van der Waals surface area contributed by atoms with E-state index in [0.29, 0.717) is 30.4 Å². The van der Waals surface area contributed by atoms with Gasteiger partial charge < -0.3 is 19.7 Å². The summed E-state index contributed by atoms with van der Waals surface area (Å²) in [4.78, 5) is 29.9. The highest BCUT2D eigenvalue weighted by Crippen LogP contribution is 2.46. The molecule has 0 radical (unpaired) electrons. The number of dihydropyridines is 1. The molecule has 0 spiro atoms. The number of benzene rings is 3. The normalized spacial score (nSPS) is 18.3. The molecule has 1 aliphatic carbocycles. The number of methoxy groups -OCH3 is 1. The smallest absolute Gasteiger partial charge is 0.336 e. The van der Waals surface area contributed by atoms with Crippen molar-refractivity contribution in [1.82, 2.24) is 5.32 Å². The minimum Gasteiger partial charge on any atom is -0.497 e. The second-order valence-electron chi connectivity index (χ2n) is 10.9. The van der Waals surface area contributed by atoms with E-state index in [-0.39, 0.29) is 24.3 Å². The van der Waals surface area contributed by atoms with Crippen molar-refractivity contribution in [2.75, 3.05) is 31.7 Å². The Morgan fingerprint density at radius 3 is 2.21 bits per heavy atom. The summed E-state index contributed by atoms with van der Waals surface area (Å²) >= 11 is 0. The van der Waals surface area contributed by atoms with Crippen molar-refractivity contribution >= 4 is 17.4 Å². The van der Waals surface area contributed by atoms with E-state index in [1.807, 2.05) is 61.5 Å². The van der Waals surface area contributed by atoms with E-state index in [1.165, 1.54) is 0 Å². The van der Waals surface area contributed by atoms with Crippen molar-refractivity contribution in [2.24, 2.45) is 0 Å². The van der Waals surface area contributed by atoms with Gasteiger partial charge in [-0.2, -0.15) is 0 Å². The van der Waals surface area contributed by atoms with Gasteiger partial charge in [-0.1, -0.05) is 54.6 Å². The molecule has 6 heteroatoms. The summed E-state index contributed by atoms with van der Waals surface area (Å²) in [6.07, 6.45) is 1.71. The lowest BCUT2D eigenvalue weighted by Crippen LogP contribution is -2.36. The number of ketones is 1. The van der Waals surface area contributed by atoms with Gasteiger partial charge in [-0.3, -0.25) is 4.79 Å². The zero-order valence-corrected chi connectivity index (χ0v) is 25.0. The Morgan fingerprint density at radius 1 is 0.905 bits per heavy atom. The second kappa shape index (κ2) is 13.1. The molecule has 1 heterocycles. The van der Waals surface area contributed by atoms with Crippen molar-refractivity contribution in [2.45, 2.75) is 51.9 Å². The van der Waals surface area contributed by atoms with Gasteiger partial charge in [0.25, 0.3) is 0 Å². The zero-order chi connectivity index (χ0) is 29.6. The highest BCUT2D eigenvalue weighted by Gasteiger charge is 2.41. The van der Waals surface area contributed by atoms with Crippen LogP contribution >= 0.6 is 0 Å². The molecule has 0 aromatic heterocycles. The van der Waals surface area contributed by atoms with Gasteiger partial charge in [0.1, 0.15) is 5.75 Å². The molecular formula is C36H40N2O4. The van der Waals surface area contributed by atoms with Crippen LogP contribution in [0.3, 0.4) is 0 Å². The SMILES string of the molecule is CCN(CC)c1ccc([C@H]2C(C(=O)OCCc3ccccc3)=C(C)NC3=C2C(=O)C[C@H](c2ccc(OC)cc2)C3)cc1. The van der Waals surface area contributed by atoms with E-state index in [4.69, 9.17) is 9.47 Å². The maximum absolute atomic E-state index is 14.0. The van der Waals surface area contributed by atoms with Gasteiger partial charge in [0.2, 0.25) is 0 Å². The van der Waals surface area contributed by atoms with Gasteiger partial charge in [0.15, 0.2) is 5.78 Å². The van der Waals surface area contributed by atoms with Crippen LogP contribution < -0.4 is 15.0 Å². The first-order valence-electron chi connectivity index (χ1n) is 14.9. The number of nitrogens with zero attached hydrogens (tertiary/aromatic N) is 1. The lowest BCUT2D eigenvalue weighted by Gasteiger charge is -2.37. The molecule has 6 nitrogen and oxygen atoms in total. The van der Waals surface area contributed by atoms with Crippen molar-refractivity contribution in [1.29, 1.82) is 0 Å². The highest BCUT2D eigenvalue weighted by atomic mass is 16.5. The van der Waals surface area contributed by atoms with Crippen LogP contribution in [0.1, 0.15) is 62.1 Å². The van der Waals surface area contributed by atoms with Crippen molar-refractivity contribution < 1.29 is 19.1 Å². The third-order valence-electron chi connectivity index (χ3n) is 8.46. The predicted octanol–water partition coefficient (Wildman–Crippen LogP) is 6.69. The topological polar surface area (TPSA) is 67.9 Å². The van der Waals surface area contributed by atoms with Crippen LogP contribution in [0.5, 0.6) is 5.75 Å². The Balaban J connectivity index is 1.47. The minimum atomic E-state index is -0.486. The standard InChI is InChI=1S/C36H40N2O4/c1-5-38(6-2)29-16-12-27(13-17-29)34-33(36(40)42-21-20-25-10-8-7-9-11-25)24(3)37-31-22-28(23-32(39)35(31)34)26-14-18-30(41-4)19-15-26/h7-19,28,34,37H,5-6,20-23H2,1-4H3/t28-,34+/m1/s1. The molecule has 3 aromatic rings. The summed E-state index contributed by atoms with van der Waals surface area (Å²) in [7, 11) is 1.65. The molecule has 0 fully saturated rings. The minimum absolute atomic E-state index is 0.0486. The van der Waals surface area contributed by atoms with Gasteiger partial charge in [-0.15, -0.1) is 0 Å². The van der Waals surface area contributed by atoms with Crippen LogP contribution in [0, 0.1) is 0 Å². The third-order valence-corrected chi connectivity index (χ3v) is 8.46. The molecule has 0 saturated carbocycles. The van der Waals surface area contributed by atoms with Gasteiger partial charge in [0.05, 0.1) is 19.3 Å². The van der Waals surface area contributed by atoms with Crippen molar-refractivity contribution in [3.63, 3.8) is 0 Å². The monoisotopic (exact) mass is 564 g/mol. The molecule has 0 amide bonds. The molecule has 1 aliphatic heterocycles. The Bertz CT molecular complexity index is 1470. The van der Waals surface area contributed by atoms with E-state index in [2.05, 4.69) is 48.3 Å². The quantitative estimate of drug-likeness (QED) is 0.277. The molecule has 5 rings (SSSR count). The third kappa shape index (κ3) is 6.13. The number of ether oxygens (including phenoxy) is 2. The van der Waals surface area contributed by atoms with Crippen LogP contribution in [-0.2, 0) is 20.7 Å². The number of allylic oxidation sites excluding steroid dienone is 3. The van der Waals surface area contributed by atoms with Crippen molar-refractivity contribution in [3.05, 3.63) is 118 Å². The van der Waals surface area contributed by atoms with E-state index >= 15 is 0 Å². The maximum Gasteiger partial charge on any atom is 0.336 e. The summed E-state index contributed by atoms with van der Waals surface area (Å²) in [6.45, 7) is 8.26. The summed E-state index contributed by atoms with van der Waals surface area (Å²) in [6, 6.07) is 26.2. The maximum atomic E-state index is 14.0. The molecule has 0 unspecified atom stereocenters. The zero-order valence-electron chi connectivity index (χ0n) is 25.0. The Kier molecular flexibility index (Phi) is 9.11. The number of nitrogens with one attached hydrogen (secondary N) is 1. The van der Waals surface area contributed by atoms with E-state index in [0.717, 1.165) is 52.6 Å². The highest BCUT2D eigenvalue weighted by molar-refractivity contribution is 6.04. The van der Waals surface area contributed by atoms with Crippen LogP contribution in [0.2, 0.25) is 0 Å². The molecule has 218 valence electrons. The Morgan fingerprint density at radius 2 is 1.57 bits per heavy atom. The number of carbonyl (C=O) groups is 2. The lowest BCUT2D eigenvalue weighted by atomic mass is 9.71. The number of hydrogen-bond donors (Lipinski definition) is 1. The second-order valence-corrected chi connectivity index (χ2v) is 10.9. The van der Waals surface area contributed by atoms with E-state index < -0.39 is 5.92 Å². The van der Waals surface area contributed by atoms with E-state index in [1.54, 1.807) is 7.11 Å². The molecule has 3 aromatic carbocycles. The lowest BCUT2D eigenvalue weighted by molar-refractivity contribution is -0.139. The number of carbonyl (C=O) groups excluding carboxylic acids is 2. The molecule has 2 aliphatic rings. The summed E-state index contributed by atoms with van der Waals surface area (Å²) in [5.74, 6) is 0.0296. The predicted molar refractivity (Wildman–Crippen MR) is 167 cm³/mol. The van der Waals surface area contributed by atoms with Gasteiger partial charge >= 0.3 is 5.97 Å². The first kappa shape index (κ1) is 29.2.